The van der Waals surface area contributed by atoms with Crippen LogP contribution in [0.2, 0.25) is 0 Å². The van der Waals surface area contributed by atoms with Crippen molar-refractivity contribution in [3.63, 3.8) is 0 Å². The van der Waals surface area contributed by atoms with Gasteiger partial charge >= 0.3 is 5.97 Å². The van der Waals surface area contributed by atoms with Gasteiger partial charge in [0.05, 0.1) is 12.5 Å². The first-order valence-corrected chi connectivity index (χ1v) is 7.98. The van der Waals surface area contributed by atoms with Crippen LogP contribution in [-0.4, -0.2) is 28.0 Å². The van der Waals surface area contributed by atoms with Gasteiger partial charge in [-0.1, -0.05) is 0 Å². The minimum absolute atomic E-state index is 0.0151. The Morgan fingerprint density at radius 2 is 2.00 bits per heavy atom. The van der Waals surface area contributed by atoms with Crippen molar-refractivity contribution in [3.05, 3.63) is 24.8 Å². The Morgan fingerprint density at radius 1 is 1.41 bits per heavy atom. The summed E-state index contributed by atoms with van der Waals surface area (Å²) in [6.45, 7) is 0. The van der Waals surface area contributed by atoms with Crippen molar-refractivity contribution in [2.45, 2.75) is 11.4 Å². The van der Waals surface area contributed by atoms with Gasteiger partial charge in [0.25, 0.3) is 0 Å². The minimum atomic E-state index is -0.817. The standard InChI is InChI=1S/C10H9I2NO3S/c11-5-1-4(2-6(12)8(5)14)9-13-7(3-17-9)10(15)16/h1-2,7,9,13-14H,3H2,(H,15,16)/t7-,9-/m1/s1. The Balaban J connectivity index is 2.22. The summed E-state index contributed by atoms with van der Waals surface area (Å²) < 4.78 is 1.57. The quantitative estimate of drug-likeness (QED) is 0.572. The summed E-state index contributed by atoms with van der Waals surface area (Å²) in [6.07, 6.45) is 0. The van der Waals surface area contributed by atoms with Crippen molar-refractivity contribution in [3.8, 4) is 5.75 Å². The highest BCUT2D eigenvalue weighted by Gasteiger charge is 2.30. The molecule has 1 aromatic rings. The third-order valence-corrected chi connectivity index (χ3v) is 5.33. The molecular weight excluding hydrogens is 468 g/mol. The summed E-state index contributed by atoms with van der Waals surface area (Å²) >= 11 is 5.72. The molecule has 1 aliphatic rings. The molecule has 2 atom stereocenters. The first kappa shape index (κ1) is 13.7. The van der Waals surface area contributed by atoms with Gasteiger partial charge in [0.2, 0.25) is 0 Å². The summed E-state index contributed by atoms with van der Waals surface area (Å²) in [6, 6.07) is 3.27. The smallest absolute Gasteiger partial charge is 0.321 e. The van der Waals surface area contributed by atoms with Gasteiger partial charge < -0.3 is 10.2 Å². The molecule has 0 spiro atoms. The molecule has 3 N–H and O–H groups in total. The number of aromatic hydroxyl groups is 1. The number of halogens is 2. The molecule has 0 saturated carbocycles. The fourth-order valence-electron chi connectivity index (χ4n) is 1.54. The second-order valence-corrected chi connectivity index (χ2v) is 7.07. The summed E-state index contributed by atoms with van der Waals surface area (Å²) in [7, 11) is 0. The molecular formula is C10H9I2NO3S. The molecule has 0 radical (unpaired) electrons. The normalized spacial score (nSPS) is 23.9. The highest BCUT2D eigenvalue weighted by atomic mass is 127. The van der Waals surface area contributed by atoms with E-state index in [-0.39, 0.29) is 11.1 Å². The molecule has 1 aliphatic heterocycles. The number of carboxylic acid groups (broad SMARTS) is 1. The van der Waals surface area contributed by atoms with Crippen LogP contribution in [0.5, 0.6) is 5.75 Å². The third kappa shape index (κ3) is 2.99. The van der Waals surface area contributed by atoms with E-state index >= 15 is 0 Å². The number of rotatable bonds is 2. The first-order valence-electron chi connectivity index (χ1n) is 4.77. The van der Waals surface area contributed by atoms with E-state index in [1.807, 2.05) is 12.1 Å². The zero-order chi connectivity index (χ0) is 12.6. The van der Waals surface area contributed by atoms with Crippen LogP contribution in [0.25, 0.3) is 0 Å². The largest absolute Gasteiger partial charge is 0.506 e. The van der Waals surface area contributed by atoms with Crippen LogP contribution in [0.15, 0.2) is 12.1 Å². The predicted octanol–water partition coefficient (Wildman–Crippen LogP) is 2.39. The molecule has 1 saturated heterocycles. The van der Waals surface area contributed by atoms with Crippen LogP contribution in [0.1, 0.15) is 10.9 Å². The molecule has 0 bridgehead atoms. The lowest BCUT2D eigenvalue weighted by Crippen LogP contribution is -2.33. The van der Waals surface area contributed by atoms with Gasteiger partial charge in [0.15, 0.2) is 0 Å². The van der Waals surface area contributed by atoms with Crippen molar-refractivity contribution in [1.82, 2.24) is 5.32 Å². The number of benzene rings is 1. The number of carboxylic acids is 1. The van der Waals surface area contributed by atoms with E-state index in [9.17, 15) is 9.90 Å². The summed E-state index contributed by atoms with van der Waals surface area (Å²) in [5.41, 5.74) is 1.00. The number of phenols is 1. The summed E-state index contributed by atoms with van der Waals surface area (Å²) in [4.78, 5) is 10.8. The summed E-state index contributed by atoms with van der Waals surface area (Å²) in [5, 5.41) is 21.6. The average Bonchev–Trinajstić information content (AvgIpc) is 2.74. The third-order valence-electron chi connectivity index (χ3n) is 2.42. The van der Waals surface area contributed by atoms with Crippen LogP contribution < -0.4 is 5.32 Å². The van der Waals surface area contributed by atoms with Crippen LogP contribution in [0, 0.1) is 7.14 Å². The maximum atomic E-state index is 10.8. The maximum absolute atomic E-state index is 10.8. The van der Waals surface area contributed by atoms with Gasteiger partial charge in [-0.3, -0.25) is 10.1 Å². The van der Waals surface area contributed by atoms with Crippen LogP contribution in [-0.2, 0) is 4.79 Å². The van der Waals surface area contributed by atoms with E-state index in [1.165, 1.54) is 0 Å². The molecule has 4 nitrogen and oxygen atoms in total. The zero-order valence-corrected chi connectivity index (χ0v) is 13.6. The zero-order valence-electron chi connectivity index (χ0n) is 8.48. The number of thioether (sulfide) groups is 1. The van der Waals surface area contributed by atoms with Gasteiger partial charge in [-0.2, -0.15) is 0 Å². The van der Waals surface area contributed by atoms with Crippen molar-refractivity contribution in [2.75, 3.05) is 5.75 Å². The molecule has 0 amide bonds. The van der Waals surface area contributed by atoms with E-state index in [0.29, 0.717) is 5.75 Å². The molecule has 1 aromatic carbocycles. The first-order chi connectivity index (χ1) is 7.99. The number of hydrogen-bond acceptors (Lipinski definition) is 4. The fraction of sp³-hybridized carbons (Fsp3) is 0.300. The highest BCUT2D eigenvalue weighted by Crippen LogP contribution is 2.37. The van der Waals surface area contributed by atoms with E-state index in [4.69, 9.17) is 5.11 Å². The topological polar surface area (TPSA) is 69.6 Å². The number of nitrogens with one attached hydrogen (secondary N) is 1. The lowest BCUT2D eigenvalue weighted by atomic mass is 10.2. The Labute approximate surface area is 130 Å². The number of hydrogen-bond donors (Lipinski definition) is 3. The van der Waals surface area contributed by atoms with Crippen LogP contribution in [0.3, 0.4) is 0 Å². The van der Waals surface area contributed by atoms with Crippen LogP contribution in [0.4, 0.5) is 0 Å². The molecule has 7 heteroatoms. The van der Waals surface area contributed by atoms with Gasteiger partial charge in [0.1, 0.15) is 11.8 Å². The lowest BCUT2D eigenvalue weighted by molar-refractivity contribution is -0.138. The van der Waals surface area contributed by atoms with E-state index in [0.717, 1.165) is 12.7 Å². The lowest BCUT2D eigenvalue weighted by Gasteiger charge is -2.13. The number of phenolic OH excluding ortho intramolecular Hbond substituents is 1. The molecule has 17 heavy (non-hydrogen) atoms. The molecule has 0 aromatic heterocycles. The average molecular weight is 477 g/mol. The van der Waals surface area contributed by atoms with Crippen LogP contribution >= 0.6 is 56.9 Å². The van der Waals surface area contributed by atoms with Gasteiger partial charge in [0, 0.05) is 5.75 Å². The van der Waals surface area contributed by atoms with Crippen molar-refractivity contribution in [1.29, 1.82) is 0 Å². The Bertz CT molecular complexity index is 446. The fourth-order valence-corrected chi connectivity index (χ4v) is 4.57. The summed E-state index contributed by atoms with van der Waals surface area (Å²) in [5.74, 6) is 0.0320. The molecule has 1 heterocycles. The van der Waals surface area contributed by atoms with Gasteiger partial charge in [-0.25, -0.2) is 0 Å². The second-order valence-electron chi connectivity index (χ2n) is 3.60. The van der Waals surface area contributed by atoms with Crippen molar-refractivity contribution < 1.29 is 15.0 Å². The van der Waals surface area contributed by atoms with E-state index < -0.39 is 12.0 Å². The van der Waals surface area contributed by atoms with Crippen molar-refractivity contribution in [2.24, 2.45) is 0 Å². The molecule has 0 aliphatic carbocycles. The SMILES string of the molecule is O=C(O)[C@H]1CS[C@H](c2cc(I)c(O)c(I)c2)N1. The van der Waals surface area contributed by atoms with E-state index in [2.05, 4.69) is 50.5 Å². The molecule has 1 fully saturated rings. The molecule has 0 unspecified atom stereocenters. The van der Waals surface area contributed by atoms with E-state index in [1.54, 1.807) is 11.8 Å². The van der Waals surface area contributed by atoms with Gasteiger partial charge in [-0.15, -0.1) is 11.8 Å². The molecule has 2 rings (SSSR count). The Kier molecular flexibility index (Phi) is 4.42. The van der Waals surface area contributed by atoms with Gasteiger partial charge in [-0.05, 0) is 62.9 Å². The Morgan fingerprint density at radius 3 is 2.47 bits per heavy atom. The highest BCUT2D eigenvalue weighted by molar-refractivity contribution is 14.1. The minimum Gasteiger partial charge on any atom is -0.506 e. The number of carbonyl (C=O) groups is 1. The monoisotopic (exact) mass is 477 g/mol. The predicted molar refractivity (Wildman–Crippen MR) is 83.3 cm³/mol. The second kappa shape index (κ2) is 5.49. The maximum Gasteiger partial charge on any atom is 0.321 e. The number of aliphatic carboxylic acids is 1. The van der Waals surface area contributed by atoms with Crippen molar-refractivity contribution >= 4 is 62.9 Å². The Hall–Kier alpha value is 0.260. The molecule has 92 valence electrons.